The average Bonchev–Trinajstić information content (AvgIpc) is 2.95. The topological polar surface area (TPSA) is 17.1 Å². The number of fused-ring (bicyclic) bond motifs is 1. The normalized spacial score (nSPS) is 19.4. The van der Waals surface area contributed by atoms with Crippen LogP contribution in [0, 0.1) is 0 Å². The fourth-order valence-electron chi connectivity index (χ4n) is 3.76. The van der Waals surface area contributed by atoms with E-state index in [0.29, 0.717) is 11.1 Å². The van der Waals surface area contributed by atoms with E-state index >= 15 is 0 Å². The number of hydrogen-bond acceptors (Lipinski definition) is 1. The molecule has 0 amide bonds. The molecule has 26 heavy (non-hydrogen) atoms. The second-order valence-corrected chi connectivity index (χ2v) is 6.44. The summed E-state index contributed by atoms with van der Waals surface area (Å²) >= 11 is 0. The number of ketones is 1. The second-order valence-electron chi connectivity index (χ2n) is 6.44. The van der Waals surface area contributed by atoms with Gasteiger partial charge in [0.05, 0.1) is 11.5 Å². The van der Waals surface area contributed by atoms with Crippen LogP contribution in [0.4, 0.5) is 13.2 Å². The number of rotatable bonds is 2. The summed E-state index contributed by atoms with van der Waals surface area (Å²) in [6.45, 7) is 0. The van der Waals surface area contributed by atoms with Gasteiger partial charge in [-0.05, 0) is 28.8 Å². The first-order valence-corrected chi connectivity index (χ1v) is 8.32. The standard InChI is InChI=1S/C22H15F3O/c23-22(24,25)16-11-12-17-18(13-16)19(14-7-3-1-4-8-14)20(21(17)26)15-9-5-2-6-10-15/h1-13,19-20H. The monoisotopic (exact) mass is 352 g/mol. The number of alkyl halides is 3. The SMILES string of the molecule is O=C1c2ccc(C(F)(F)F)cc2C(c2ccccc2)C1c1ccccc1. The van der Waals surface area contributed by atoms with Crippen molar-refractivity contribution < 1.29 is 18.0 Å². The summed E-state index contributed by atoms with van der Waals surface area (Å²) < 4.78 is 39.7. The van der Waals surface area contributed by atoms with Crippen LogP contribution >= 0.6 is 0 Å². The van der Waals surface area contributed by atoms with Crippen LogP contribution < -0.4 is 0 Å². The van der Waals surface area contributed by atoms with E-state index in [-0.39, 0.29) is 5.78 Å². The third-order valence-corrected chi connectivity index (χ3v) is 4.91. The van der Waals surface area contributed by atoms with Crippen molar-refractivity contribution in [2.24, 2.45) is 0 Å². The van der Waals surface area contributed by atoms with E-state index in [4.69, 9.17) is 0 Å². The highest BCUT2D eigenvalue weighted by Gasteiger charge is 2.43. The predicted octanol–water partition coefficient (Wildman–Crippen LogP) is 5.82. The lowest BCUT2D eigenvalue weighted by atomic mass is 9.81. The Balaban J connectivity index is 1.93. The Kier molecular flexibility index (Phi) is 3.91. The zero-order valence-corrected chi connectivity index (χ0v) is 13.7. The van der Waals surface area contributed by atoms with Gasteiger partial charge in [-0.1, -0.05) is 66.7 Å². The molecule has 0 aliphatic heterocycles. The van der Waals surface area contributed by atoms with Crippen LogP contribution in [-0.2, 0) is 6.18 Å². The highest BCUT2D eigenvalue weighted by molar-refractivity contribution is 6.07. The van der Waals surface area contributed by atoms with E-state index in [1.807, 2.05) is 60.7 Å². The molecule has 4 heteroatoms. The van der Waals surface area contributed by atoms with Crippen molar-refractivity contribution in [3.63, 3.8) is 0 Å². The number of Topliss-reactive ketones (excluding diaryl/α,β-unsaturated/α-hetero) is 1. The minimum absolute atomic E-state index is 0.131. The minimum Gasteiger partial charge on any atom is -0.293 e. The molecule has 0 N–H and O–H groups in total. The second kappa shape index (κ2) is 6.13. The predicted molar refractivity (Wildman–Crippen MR) is 93.2 cm³/mol. The molecule has 0 bridgehead atoms. The maximum atomic E-state index is 13.2. The molecule has 1 nitrogen and oxygen atoms in total. The Bertz CT molecular complexity index is 946. The summed E-state index contributed by atoms with van der Waals surface area (Å²) in [5, 5.41) is 0. The molecule has 1 aliphatic rings. The number of hydrogen-bond donors (Lipinski definition) is 0. The van der Waals surface area contributed by atoms with Crippen LogP contribution in [0.15, 0.2) is 78.9 Å². The van der Waals surface area contributed by atoms with E-state index in [2.05, 4.69) is 0 Å². The van der Waals surface area contributed by atoms with E-state index in [9.17, 15) is 18.0 Å². The summed E-state index contributed by atoms with van der Waals surface area (Å²) in [6.07, 6.45) is -4.44. The Labute approximate surface area is 149 Å². The van der Waals surface area contributed by atoms with Crippen molar-refractivity contribution in [1.82, 2.24) is 0 Å². The molecule has 3 aromatic rings. The summed E-state index contributed by atoms with van der Waals surface area (Å²) in [6, 6.07) is 22.0. The van der Waals surface area contributed by atoms with Gasteiger partial charge in [0, 0.05) is 11.5 Å². The Hall–Kier alpha value is -2.88. The first-order chi connectivity index (χ1) is 12.5. The van der Waals surface area contributed by atoms with Gasteiger partial charge < -0.3 is 0 Å². The van der Waals surface area contributed by atoms with Crippen molar-refractivity contribution in [2.45, 2.75) is 18.0 Å². The van der Waals surface area contributed by atoms with Crippen LogP contribution in [0.1, 0.15) is 44.4 Å². The van der Waals surface area contributed by atoms with Gasteiger partial charge >= 0.3 is 6.18 Å². The quantitative estimate of drug-likeness (QED) is 0.568. The van der Waals surface area contributed by atoms with E-state index in [1.165, 1.54) is 6.07 Å². The van der Waals surface area contributed by atoms with Gasteiger partial charge in [-0.25, -0.2) is 0 Å². The van der Waals surface area contributed by atoms with Crippen LogP contribution in [0.3, 0.4) is 0 Å². The smallest absolute Gasteiger partial charge is 0.293 e. The van der Waals surface area contributed by atoms with Gasteiger partial charge in [-0.3, -0.25) is 4.79 Å². The van der Waals surface area contributed by atoms with Gasteiger partial charge in [0.25, 0.3) is 0 Å². The maximum absolute atomic E-state index is 13.2. The zero-order valence-electron chi connectivity index (χ0n) is 13.7. The highest BCUT2D eigenvalue weighted by atomic mass is 19.4. The van der Waals surface area contributed by atoms with Gasteiger partial charge in [-0.15, -0.1) is 0 Å². The van der Waals surface area contributed by atoms with Crippen molar-refractivity contribution in [2.75, 3.05) is 0 Å². The minimum atomic E-state index is -4.44. The van der Waals surface area contributed by atoms with Crippen LogP contribution in [0.2, 0.25) is 0 Å². The largest absolute Gasteiger partial charge is 0.416 e. The molecule has 4 rings (SSSR count). The Morgan fingerprint density at radius 3 is 1.77 bits per heavy atom. The molecule has 0 radical (unpaired) electrons. The molecule has 0 aromatic heterocycles. The summed E-state index contributed by atoms with van der Waals surface area (Å²) in [7, 11) is 0. The number of halogens is 3. The molecular weight excluding hydrogens is 337 g/mol. The zero-order chi connectivity index (χ0) is 18.3. The molecule has 2 atom stereocenters. The highest BCUT2D eigenvalue weighted by Crippen LogP contribution is 2.48. The van der Waals surface area contributed by atoms with Gasteiger partial charge in [0.15, 0.2) is 5.78 Å². The number of benzene rings is 3. The first kappa shape index (κ1) is 16.6. The summed E-state index contributed by atoms with van der Waals surface area (Å²) in [4.78, 5) is 13.1. The molecule has 130 valence electrons. The maximum Gasteiger partial charge on any atom is 0.416 e. The lowest BCUT2D eigenvalue weighted by Crippen LogP contribution is -2.13. The summed E-state index contributed by atoms with van der Waals surface area (Å²) in [5.74, 6) is -1.07. The van der Waals surface area contributed by atoms with E-state index < -0.39 is 23.6 Å². The lowest BCUT2D eigenvalue weighted by molar-refractivity contribution is -0.137. The van der Waals surface area contributed by atoms with Crippen molar-refractivity contribution in [3.8, 4) is 0 Å². The van der Waals surface area contributed by atoms with E-state index in [0.717, 1.165) is 23.3 Å². The van der Waals surface area contributed by atoms with Gasteiger partial charge in [0.2, 0.25) is 0 Å². The fraction of sp³-hybridized carbons (Fsp3) is 0.136. The van der Waals surface area contributed by atoms with Crippen molar-refractivity contribution in [3.05, 3.63) is 107 Å². The molecular formula is C22H15F3O. The molecule has 0 saturated carbocycles. The molecule has 3 aromatic carbocycles. The molecule has 0 fully saturated rings. The third-order valence-electron chi connectivity index (χ3n) is 4.91. The van der Waals surface area contributed by atoms with Crippen LogP contribution in [-0.4, -0.2) is 5.78 Å². The van der Waals surface area contributed by atoms with Crippen molar-refractivity contribution in [1.29, 1.82) is 0 Å². The van der Waals surface area contributed by atoms with Gasteiger partial charge in [0.1, 0.15) is 0 Å². The fourth-order valence-corrected chi connectivity index (χ4v) is 3.76. The van der Waals surface area contributed by atoms with Crippen molar-refractivity contribution >= 4 is 5.78 Å². The molecule has 2 unspecified atom stereocenters. The van der Waals surface area contributed by atoms with Gasteiger partial charge in [-0.2, -0.15) is 13.2 Å². The van der Waals surface area contributed by atoms with E-state index in [1.54, 1.807) is 0 Å². The molecule has 0 saturated heterocycles. The lowest BCUT2D eigenvalue weighted by Gasteiger charge is -2.21. The van der Waals surface area contributed by atoms with Crippen LogP contribution in [0.25, 0.3) is 0 Å². The molecule has 0 heterocycles. The number of carbonyl (C=O) groups is 1. The Morgan fingerprint density at radius 1 is 0.692 bits per heavy atom. The summed E-state index contributed by atoms with van der Waals surface area (Å²) in [5.41, 5.74) is 1.76. The molecule has 1 aliphatic carbocycles. The third kappa shape index (κ3) is 2.71. The Morgan fingerprint density at radius 2 is 1.23 bits per heavy atom. The molecule has 0 spiro atoms. The number of carbonyl (C=O) groups excluding carboxylic acids is 1. The average molecular weight is 352 g/mol. The van der Waals surface area contributed by atoms with Crippen LogP contribution in [0.5, 0.6) is 0 Å². The first-order valence-electron chi connectivity index (χ1n) is 8.32.